The highest BCUT2D eigenvalue weighted by atomic mass is 16.2. The Hall–Kier alpha value is -1.10. The van der Waals surface area contributed by atoms with Gasteiger partial charge in [-0.2, -0.15) is 0 Å². The summed E-state index contributed by atoms with van der Waals surface area (Å²) in [6, 6.07) is 0.597. The van der Waals surface area contributed by atoms with Crippen molar-refractivity contribution in [3.63, 3.8) is 0 Å². The molecule has 18 heavy (non-hydrogen) atoms. The van der Waals surface area contributed by atoms with Crippen molar-refractivity contribution in [1.29, 1.82) is 0 Å². The van der Waals surface area contributed by atoms with Gasteiger partial charge in [-0.1, -0.05) is 0 Å². The second-order valence-corrected chi connectivity index (χ2v) is 5.49. The van der Waals surface area contributed by atoms with Gasteiger partial charge in [-0.05, 0) is 32.1 Å². The van der Waals surface area contributed by atoms with Gasteiger partial charge in [-0.25, -0.2) is 0 Å². The van der Waals surface area contributed by atoms with Crippen LogP contribution in [0.1, 0.15) is 38.5 Å². The lowest BCUT2D eigenvalue weighted by atomic mass is 9.91. The highest BCUT2D eigenvalue weighted by Crippen LogP contribution is 2.21. The van der Waals surface area contributed by atoms with E-state index >= 15 is 0 Å². The van der Waals surface area contributed by atoms with Crippen LogP contribution in [0.15, 0.2) is 0 Å². The maximum atomic E-state index is 12.1. The van der Waals surface area contributed by atoms with Crippen LogP contribution in [0.25, 0.3) is 0 Å². The minimum Gasteiger partial charge on any atom is -0.341 e. The molecule has 1 saturated heterocycles. The molecule has 1 heterocycles. The quantitative estimate of drug-likeness (QED) is 0.788. The van der Waals surface area contributed by atoms with Crippen molar-refractivity contribution < 1.29 is 9.59 Å². The normalized spacial score (nSPS) is 28.6. The molecule has 0 spiro atoms. The van der Waals surface area contributed by atoms with Crippen LogP contribution in [-0.2, 0) is 9.59 Å². The largest absolute Gasteiger partial charge is 0.341 e. The lowest BCUT2D eigenvalue weighted by Crippen LogP contribution is -2.46. The zero-order valence-electron chi connectivity index (χ0n) is 11.1. The van der Waals surface area contributed by atoms with Crippen molar-refractivity contribution in [3.05, 3.63) is 0 Å². The zero-order valence-corrected chi connectivity index (χ0v) is 11.1. The number of rotatable bonds is 3. The summed E-state index contributed by atoms with van der Waals surface area (Å²) < 4.78 is 0. The smallest absolute Gasteiger partial charge is 0.242 e. The first-order chi connectivity index (χ1) is 8.58. The van der Waals surface area contributed by atoms with Crippen LogP contribution in [0.4, 0.5) is 0 Å². The lowest BCUT2D eigenvalue weighted by molar-refractivity contribution is -0.139. The Morgan fingerprint density at radius 2 is 2.06 bits per heavy atom. The fraction of sp³-hybridized carbons (Fsp3) is 0.846. The second kappa shape index (κ2) is 5.69. The number of carbonyl (C=O) groups excluding carboxylic acids is 2. The molecule has 1 aliphatic heterocycles. The number of nitrogens with zero attached hydrogens (tertiary/aromatic N) is 2. The van der Waals surface area contributed by atoms with Gasteiger partial charge in [-0.15, -0.1) is 0 Å². The summed E-state index contributed by atoms with van der Waals surface area (Å²) in [4.78, 5) is 27.1. The first kappa shape index (κ1) is 13.3. The number of nitrogens with two attached hydrogens (primary N) is 1. The van der Waals surface area contributed by atoms with Gasteiger partial charge in [0.2, 0.25) is 11.8 Å². The molecule has 2 fully saturated rings. The van der Waals surface area contributed by atoms with Crippen LogP contribution in [0.2, 0.25) is 0 Å². The first-order valence-corrected chi connectivity index (χ1v) is 6.87. The zero-order chi connectivity index (χ0) is 13.1. The van der Waals surface area contributed by atoms with E-state index in [4.69, 9.17) is 5.73 Å². The summed E-state index contributed by atoms with van der Waals surface area (Å²) in [5.74, 6) is 0.174. The monoisotopic (exact) mass is 253 g/mol. The maximum absolute atomic E-state index is 12.1. The lowest BCUT2D eigenvalue weighted by Gasteiger charge is -2.34. The van der Waals surface area contributed by atoms with E-state index in [-0.39, 0.29) is 18.4 Å². The Bertz CT molecular complexity index is 324. The molecule has 0 atom stereocenters. The van der Waals surface area contributed by atoms with Crippen molar-refractivity contribution in [3.8, 4) is 0 Å². The van der Waals surface area contributed by atoms with Gasteiger partial charge >= 0.3 is 0 Å². The molecule has 5 nitrogen and oxygen atoms in total. The van der Waals surface area contributed by atoms with Gasteiger partial charge in [0.05, 0.1) is 6.54 Å². The van der Waals surface area contributed by atoms with Crippen LogP contribution in [0.3, 0.4) is 0 Å². The average Bonchev–Trinajstić information content (AvgIpc) is 2.75. The fourth-order valence-electron chi connectivity index (χ4n) is 2.84. The van der Waals surface area contributed by atoms with Gasteiger partial charge in [0, 0.05) is 32.1 Å². The van der Waals surface area contributed by atoms with Crippen LogP contribution in [0.5, 0.6) is 0 Å². The van der Waals surface area contributed by atoms with E-state index in [0.29, 0.717) is 18.5 Å². The number of likely N-dealkylation sites (tertiary alicyclic amines) is 1. The Balaban J connectivity index is 1.82. The molecule has 1 aliphatic carbocycles. The summed E-state index contributed by atoms with van der Waals surface area (Å²) in [7, 11) is 1.85. The number of amides is 2. The first-order valence-electron chi connectivity index (χ1n) is 6.87. The van der Waals surface area contributed by atoms with E-state index in [1.165, 1.54) is 0 Å². The number of likely N-dealkylation sites (N-methyl/N-ethyl adjacent to an activating group) is 1. The third-order valence-electron chi connectivity index (χ3n) is 4.18. The SMILES string of the molecule is CN(C(=O)CN1CCCC1=O)C1CCC(N)CC1. The van der Waals surface area contributed by atoms with Crippen molar-refractivity contribution in [2.24, 2.45) is 5.73 Å². The summed E-state index contributed by atoms with van der Waals surface area (Å²) in [6.45, 7) is 0.978. The molecule has 1 saturated carbocycles. The van der Waals surface area contributed by atoms with Gasteiger partial charge in [0.25, 0.3) is 0 Å². The summed E-state index contributed by atoms with van der Waals surface area (Å²) in [6.07, 6.45) is 5.42. The molecule has 2 amide bonds. The summed E-state index contributed by atoms with van der Waals surface area (Å²) in [5, 5.41) is 0. The van der Waals surface area contributed by atoms with E-state index < -0.39 is 0 Å². The minimum absolute atomic E-state index is 0.0609. The molecule has 5 heteroatoms. The third-order valence-corrected chi connectivity index (χ3v) is 4.18. The molecule has 0 radical (unpaired) electrons. The van der Waals surface area contributed by atoms with E-state index in [2.05, 4.69) is 0 Å². The number of hydrogen-bond donors (Lipinski definition) is 1. The maximum Gasteiger partial charge on any atom is 0.242 e. The minimum atomic E-state index is 0.0609. The predicted molar refractivity (Wildman–Crippen MR) is 68.8 cm³/mol. The molecule has 0 unspecified atom stereocenters. The molecular formula is C13H23N3O2. The van der Waals surface area contributed by atoms with E-state index in [0.717, 1.165) is 38.6 Å². The van der Waals surface area contributed by atoms with Crippen LogP contribution in [-0.4, -0.2) is 53.8 Å². The van der Waals surface area contributed by atoms with Gasteiger partial charge < -0.3 is 15.5 Å². The fourth-order valence-corrected chi connectivity index (χ4v) is 2.84. The van der Waals surface area contributed by atoms with Crippen molar-refractivity contribution in [2.45, 2.75) is 50.6 Å². The third kappa shape index (κ3) is 3.02. The van der Waals surface area contributed by atoms with Crippen LogP contribution >= 0.6 is 0 Å². The Morgan fingerprint density at radius 3 is 2.61 bits per heavy atom. The molecule has 0 aromatic carbocycles. The van der Waals surface area contributed by atoms with Crippen molar-refractivity contribution in [1.82, 2.24) is 9.80 Å². The van der Waals surface area contributed by atoms with Crippen LogP contribution < -0.4 is 5.73 Å². The van der Waals surface area contributed by atoms with Gasteiger partial charge in [-0.3, -0.25) is 9.59 Å². The van der Waals surface area contributed by atoms with E-state index in [1.54, 1.807) is 4.90 Å². The number of hydrogen-bond acceptors (Lipinski definition) is 3. The molecule has 2 aliphatic rings. The summed E-state index contributed by atoms with van der Waals surface area (Å²) >= 11 is 0. The Kier molecular flexibility index (Phi) is 4.22. The predicted octanol–water partition coefficient (Wildman–Crippen LogP) is 0.337. The average molecular weight is 253 g/mol. The summed E-state index contributed by atoms with van der Waals surface area (Å²) in [5.41, 5.74) is 5.87. The molecule has 0 aromatic rings. The molecule has 2 N–H and O–H groups in total. The highest BCUT2D eigenvalue weighted by molar-refractivity contribution is 5.85. The second-order valence-electron chi connectivity index (χ2n) is 5.49. The van der Waals surface area contributed by atoms with Crippen LogP contribution in [0, 0.1) is 0 Å². The standard InChI is InChI=1S/C13H23N3O2/c1-15(11-6-4-10(14)5-7-11)13(18)9-16-8-2-3-12(16)17/h10-11H,2-9,14H2,1H3. The van der Waals surface area contributed by atoms with Gasteiger partial charge in [0.15, 0.2) is 0 Å². The number of carbonyl (C=O) groups is 2. The molecule has 2 rings (SSSR count). The Morgan fingerprint density at radius 1 is 1.39 bits per heavy atom. The molecule has 0 bridgehead atoms. The van der Waals surface area contributed by atoms with Crippen molar-refractivity contribution in [2.75, 3.05) is 20.1 Å². The van der Waals surface area contributed by atoms with E-state index in [9.17, 15) is 9.59 Å². The Labute approximate surface area is 108 Å². The highest BCUT2D eigenvalue weighted by Gasteiger charge is 2.28. The molecule has 0 aromatic heterocycles. The topological polar surface area (TPSA) is 66.6 Å². The van der Waals surface area contributed by atoms with Gasteiger partial charge in [0.1, 0.15) is 0 Å². The van der Waals surface area contributed by atoms with E-state index in [1.807, 2.05) is 11.9 Å². The van der Waals surface area contributed by atoms with Crippen molar-refractivity contribution >= 4 is 11.8 Å². The molecular weight excluding hydrogens is 230 g/mol. The molecule has 102 valence electrons.